The predicted octanol–water partition coefficient (Wildman–Crippen LogP) is 1.59. The van der Waals surface area contributed by atoms with Crippen LogP contribution in [0.2, 0.25) is 0 Å². The fourth-order valence-electron chi connectivity index (χ4n) is 3.41. The summed E-state index contributed by atoms with van der Waals surface area (Å²) in [6, 6.07) is 4.93. The van der Waals surface area contributed by atoms with Gasteiger partial charge in [0.05, 0.1) is 11.1 Å². The van der Waals surface area contributed by atoms with Gasteiger partial charge >= 0.3 is 0 Å². The molecule has 1 N–H and O–H groups in total. The van der Waals surface area contributed by atoms with Gasteiger partial charge in [-0.2, -0.15) is 9.40 Å². The number of nitrogens with zero attached hydrogens (tertiary/aromatic N) is 5. The predicted molar refractivity (Wildman–Crippen MR) is 117 cm³/mol. The Labute approximate surface area is 176 Å². The van der Waals surface area contributed by atoms with Gasteiger partial charge in [0, 0.05) is 38.8 Å². The lowest BCUT2D eigenvalue weighted by Crippen LogP contribution is -2.47. The Balaban J connectivity index is 0.00000124. The first kappa shape index (κ1) is 22.1. The summed E-state index contributed by atoms with van der Waals surface area (Å²) in [7, 11) is 0.0399. The van der Waals surface area contributed by atoms with Crippen LogP contribution in [0.4, 0.5) is 0 Å². The van der Waals surface area contributed by atoms with E-state index in [-0.39, 0.29) is 10.5 Å². The zero-order valence-corrected chi connectivity index (χ0v) is 18.8. The summed E-state index contributed by atoms with van der Waals surface area (Å²) in [6.07, 6.45) is 1.52. The van der Waals surface area contributed by atoms with Crippen molar-refractivity contribution >= 4 is 21.1 Å². The maximum absolute atomic E-state index is 13.1. The van der Waals surface area contributed by atoms with E-state index in [2.05, 4.69) is 20.0 Å². The highest BCUT2D eigenvalue weighted by atomic mass is 32.2. The fraction of sp³-hybridized carbons (Fsp3) is 0.450. The number of rotatable bonds is 3. The van der Waals surface area contributed by atoms with E-state index in [0.717, 1.165) is 5.56 Å². The number of aromatic amines is 1. The minimum atomic E-state index is -3.61. The number of aryl methyl sites for hydroxylation is 2. The molecule has 10 heteroatoms. The Morgan fingerprint density at radius 3 is 2.40 bits per heavy atom. The smallest absolute Gasteiger partial charge is 0.277 e. The molecule has 162 valence electrons. The summed E-state index contributed by atoms with van der Waals surface area (Å²) < 4.78 is 29.1. The molecule has 0 atom stereocenters. The molecule has 0 spiro atoms. The average molecular weight is 433 g/mol. The molecule has 30 heavy (non-hydrogen) atoms. The van der Waals surface area contributed by atoms with Crippen LogP contribution in [0.15, 0.2) is 34.1 Å². The van der Waals surface area contributed by atoms with Crippen molar-refractivity contribution in [2.24, 2.45) is 7.05 Å². The number of benzene rings is 1. The third-order valence-electron chi connectivity index (χ3n) is 5.16. The van der Waals surface area contributed by atoms with Crippen molar-refractivity contribution in [1.82, 2.24) is 29.0 Å². The molecule has 1 fully saturated rings. The monoisotopic (exact) mass is 432 g/mol. The number of nitrogens with one attached hydrogen (secondary N) is 1. The van der Waals surface area contributed by atoms with Gasteiger partial charge in [-0.15, -0.1) is 0 Å². The molecule has 1 aliphatic heterocycles. The Kier molecular flexibility index (Phi) is 6.39. The second kappa shape index (κ2) is 8.66. The highest BCUT2D eigenvalue weighted by molar-refractivity contribution is 7.89. The quantitative estimate of drug-likeness (QED) is 0.674. The molecule has 9 nitrogen and oxygen atoms in total. The highest BCUT2D eigenvalue weighted by Crippen LogP contribution is 2.26. The van der Waals surface area contributed by atoms with Crippen molar-refractivity contribution in [3.63, 3.8) is 0 Å². The summed E-state index contributed by atoms with van der Waals surface area (Å²) in [5, 5.41) is 4.07. The number of H-pyrrole nitrogens is 1. The van der Waals surface area contributed by atoms with Gasteiger partial charge in [-0.1, -0.05) is 19.9 Å². The van der Waals surface area contributed by atoms with Crippen LogP contribution in [0, 0.1) is 6.92 Å². The van der Waals surface area contributed by atoms with Crippen molar-refractivity contribution in [2.75, 3.05) is 33.2 Å². The Morgan fingerprint density at radius 1 is 1.07 bits per heavy atom. The fourth-order valence-corrected chi connectivity index (χ4v) is 4.86. The number of likely N-dealkylation sites (N-methyl/N-ethyl adjacent to an activating group) is 1. The van der Waals surface area contributed by atoms with Crippen LogP contribution in [0.1, 0.15) is 19.4 Å². The normalized spacial score (nSPS) is 15.8. The van der Waals surface area contributed by atoms with Gasteiger partial charge in [0.1, 0.15) is 11.3 Å². The van der Waals surface area contributed by atoms with Gasteiger partial charge in [-0.05, 0) is 31.7 Å². The van der Waals surface area contributed by atoms with E-state index in [1.165, 1.54) is 15.2 Å². The molecule has 0 amide bonds. The first-order valence-corrected chi connectivity index (χ1v) is 11.4. The van der Waals surface area contributed by atoms with Gasteiger partial charge < -0.3 is 9.88 Å². The first-order chi connectivity index (χ1) is 14.3. The Bertz CT molecular complexity index is 1210. The van der Waals surface area contributed by atoms with Crippen molar-refractivity contribution in [3.8, 4) is 11.4 Å². The molecular weight excluding hydrogens is 404 g/mol. The minimum Gasteiger partial charge on any atom is -0.305 e. The number of piperazine rings is 1. The van der Waals surface area contributed by atoms with Gasteiger partial charge in [-0.25, -0.2) is 13.4 Å². The van der Waals surface area contributed by atoms with E-state index in [4.69, 9.17) is 0 Å². The maximum atomic E-state index is 13.1. The zero-order chi connectivity index (χ0) is 22.1. The van der Waals surface area contributed by atoms with Crippen LogP contribution in [-0.4, -0.2) is 70.6 Å². The van der Waals surface area contributed by atoms with Crippen molar-refractivity contribution < 1.29 is 8.42 Å². The third kappa shape index (κ3) is 4.03. The molecular formula is C20H28N6O3S. The molecule has 1 aromatic carbocycles. The standard InChI is InChI=1S/C18H22N6O3S.C2H6/c1-12-4-5-13(28(26,27)24-8-6-22(2)7-9-24)10-14(12)17-20-15-11-19-23(3)16(15)18(25)21-17;1-2/h4-5,10-11H,6-9H2,1-3H3,(H,20,21,25);1-2H3. The number of sulfonamides is 1. The average Bonchev–Trinajstić information content (AvgIpc) is 3.11. The summed E-state index contributed by atoms with van der Waals surface area (Å²) in [5.41, 5.74) is 1.93. The number of fused-ring (bicyclic) bond motifs is 1. The molecule has 0 radical (unpaired) electrons. The van der Waals surface area contributed by atoms with Crippen LogP contribution >= 0.6 is 0 Å². The van der Waals surface area contributed by atoms with Crippen LogP contribution in [-0.2, 0) is 17.1 Å². The molecule has 0 bridgehead atoms. The second-order valence-electron chi connectivity index (χ2n) is 7.10. The lowest BCUT2D eigenvalue weighted by Gasteiger charge is -2.31. The lowest BCUT2D eigenvalue weighted by atomic mass is 10.1. The highest BCUT2D eigenvalue weighted by Gasteiger charge is 2.28. The van der Waals surface area contributed by atoms with E-state index < -0.39 is 10.0 Å². The zero-order valence-electron chi connectivity index (χ0n) is 18.0. The molecule has 1 saturated heterocycles. The molecule has 4 rings (SSSR count). The lowest BCUT2D eigenvalue weighted by molar-refractivity contribution is 0.222. The first-order valence-electron chi connectivity index (χ1n) is 9.99. The van der Waals surface area contributed by atoms with Crippen molar-refractivity contribution in [1.29, 1.82) is 0 Å². The molecule has 0 saturated carbocycles. The van der Waals surface area contributed by atoms with Crippen molar-refractivity contribution in [2.45, 2.75) is 25.7 Å². The van der Waals surface area contributed by atoms with Gasteiger partial charge in [-0.3, -0.25) is 9.48 Å². The third-order valence-corrected chi connectivity index (χ3v) is 7.06. The van der Waals surface area contributed by atoms with Crippen LogP contribution in [0.5, 0.6) is 0 Å². The minimum absolute atomic E-state index is 0.201. The number of hydrogen-bond acceptors (Lipinski definition) is 6. The van der Waals surface area contributed by atoms with Crippen LogP contribution in [0.25, 0.3) is 22.4 Å². The van der Waals surface area contributed by atoms with E-state index in [0.29, 0.717) is 48.6 Å². The number of hydrogen-bond donors (Lipinski definition) is 1. The van der Waals surface area contributed by atoms with E-state index in [1.807, 2.05) is 27.8 Å². The summed E-state index contributed by atoms with van der Waals surface area (Å²) in [4.78, 5) is 22.0. The summed E-state index contributed by atoms with van der Waals surface area (Å²) >= 11 is 0. The van der Waals surface area contributed by atoms with E-state index >= 15 is 0 Å². The molecule has 3 aromatic rings. The molecule has 3 heterocycles. The number of aromatic nitrogens is 4. The maximum Gasteiger partial charge on any atom is 0.277 e. The van der Waals surface area contributed by atoms with Gasteiger partial charge in [0.2, 0.25) is 10.0 Å². The van der Waals surface area contributed by atoms with E-state index in [9.17, 15) is 13.2 Å². The summed E-state index contributed by atoms with van der Waals surface area (Å²) in [5.74, 6) is 0.332. The molecule has 0 aliphatic carbocycles. The molecule has 2 aromatic heterocycles. The van der Waals surface area contributed by atoms with Crippen molar-refractivity contribution in [3.05, 3.63) is 40.3 Å². The van der Waals surface area contributed by atoms with E-state index in [1.54, 1.807) is 25.2 Å². The molecule has 1 aliphatic rings. The Morgan fingerprint density at radius 2 is 1.73 bits per heavy atom. The SMILES string of the molecule is CC.Cc1ccc(S(=O)(=O)N2CCN(C)CC2)cc1-c1nc2cnn(C)c2c(=O)[nH]1. The second-order valence-corrected chi connectivity index (χ2v) is 9.04. The van der Waals surface area contributed by atoms with Crippen LogP contribution in [0.3, 0.4) is 0 Å². The largest absolute Gasteiger partial charge is 0.305 e. The van der Waals surface area contributed by atoms with Gasteiger partial charge in [0.25, 0.3) is 5.56 Å². The topological polar surface area (TPSA) is 104 Å². The summed E-state index contributed by atoms with van der Waals surface area (Å²) in [6.45, 7) is 8.17. The molecule has 0 unspecified atom stereocenters. The Hall–Kier alpha value is -2.56. The van der Waals surface area contributed by atoms with Gasteiger partial charge in [0.15, 0.2) is 5.52 Å². The van der Waals surface area contributed by atoms with Crippen LogP contribution < -0.4 is 5.56 Å².